The molecule has 2 rings (SSSR count). The fraction of sp³-hybridized carbons (Fsp3) is 0.250. The van der Waals surface area contributed by atoms with E-state index in [2.05, 4.69) is 0 Å². The molecular weight excluding hydrogens is 293 g/mol. The Morgan fingerprint density at radius 3 is 2.45 bits per heavy atom. The Kier molecular flexibility index (Phi) is 5.30. The number of halogens is 2. The Labute approximate surface area is 129 Å². The monoisotopic (exact) mass is 309 g/mol. The number of hydrogen-bond acceptors (Lipinski definition) is 2. The van der Waals surface area contributed by atoms with Crippen molar-refractivity contribution in [2.75, 3.05) is 0 Å². The Morgan fingerprint density at radius 1 is 1.10 bits per heavy atom. The third kappa shape index (κ3) is 4.41. The number of ether oxygens (including phenoxy) is 1. The number of hydrogen-bond donors (Lipinski definition) is 1. The van der Waals surface area contributed by atoms with Crippen LogP contribution in [-0.4, -0.2) is 6.04 Å². The summed E-state index contributed by atoms with van der Waals surface area (Å²) in [5, 5.41) is 1.31. The molecular formula is C16H17Cl2NO. The van der Waals surface area contributed by atoms with Crippen LogP contribution in [0.5, 0.6) is 5.75 Å². The molecule has 0 spiro atoms. The minimum atomic E-state index is 0.159. The third-order valence-electron chi connectivity index (χ3n) is 2.88. The first-order chi connectivity index (χ1) is 9.54. The Morgan fingerprint density at radius 2 is 1.80 bits per heavy atom. The van der Waals surface area contributed by atoms with Crippen molar-refractivity contribution in [3.05, 3.63) is 63.6 Å². The van der Waals surface area contributed by atoms with Crippen LogP contribution in [0.1, 0.15) is 18.1 Å². The molecule has 1 unspecified atom stereocenters. The summed E-state index contributed by atoms with van der Waals surface area (Å²) in [6, 6.07) is 13.4. The van der Waals surface area contributed by atoms with Crippen molar-refractivity contribution < 1.29 is 4.74 Å². The molecule has 0 amide bonds. The van der Waals surface area contributed by atoms with Gasteiger partial charge in [-0.3, -0.25) is 0 Å². The Bertz CT molecular complexity index is 567. The average molecular weight is 310 g/mol. The maximum Gasteiger partial charge on any atom is 0.119 e. The van der Waals surface area contributed by atoms with Crippen molar-refractivity contribution in [3.63, 3.8) is 0 Å². The van der Waals surface area contributed by atoms with Gasteiger partial charge in [-0.25, -0.2) is 0 Å². The van der Waals surface area contributed by atoms with Gasteiger partial charge >= 0.3 is 0 Å². The summed E-state index contributed by atoms with van der Waals surface area (Å²) < 4.78 is 5.71. The lowest BCUT2D eigenvalue weighted by Crippen LogP contribution is -2.17. The van der Waals surface area contributed by atoms with Gasteiger partial charge in [0.05, 0.1) is 0 Å². The van der Waals surface area contributed by atoms with Crippen LogP contribution in [0, 0.1) is 0 Å². The van der Waals surface area contributed by atoms with Crippen molar-refractivity contribution in [2.24, 2.45) is 5.73 Å². The highest BCUT2D eigenvalue weighted by molar-refractivity contribution is 6.33. The van der Waals surface area contributed by atoms with Crippen molar-refractivity contribution in [2.45, 2.75) is 26.0 Å². The highest BCUT2D eigenvalue weighted by Gasteiger charge is 2.03. The van der Waals surface area contributed by atoms with Crippen molar-refractivity contribution in [1.29, 1.82) is 0 Å². The van der Waals surface area contributed by atoms with E-state index in [9.17, 15) is 0 Å². The molecule has 20 heavy (non-hydrogen) atoms. The lowest BCUT2D eigenvalue weighted by atomic mass is 10.1. The normalized spacial score (nSPS) is 12.2. The van der Waals surface area contributed by atoms with Gasteiger partial charge in [-0.1, -0.05) is 35.3 Å². The molecule has 0 saturated carbocycles. The van der Waals surface area contributed by atoms with E-state index in [0.29, 0.717) is 16.7 Å². The van der Waals surface area contributed by atoms with E-state index in [1.165, 1.54) is 5.56 Å². The third-order valence-corrected chi connectivity index (χ3v) is 3.49. The zero-order valence-corrected chi connectivity index (χ0v) is 12.8. The molecule has 2 nitrogen and oxygen atoms in total. The highest BCUT2D eigenvalue weighted by Crippen LogP contribution is 2.22. The second-order valence-corrected chi connectivity index (χ2v) is 5.69. The molecule has 0 bridgehead atoms. The van der Waals surface area contributed by atoms with E-state index in [4.69, 9.17) is 33.7 Å². The minimum absolute atomic E-state index is 0.159. The Hall–Kier alpha value is -1.22. The largest absolute Gasteiger partial charge is 0.489 e. The topological polar surface area (TPSA) is 35.2 Å². The number of rotatable bonds is 5. The minimum Gasteiger partial charge on any atom is -0.489 e. The van der Waals surface area contributed by atoms with Crippen LogP contribution in [0.25, 0.3) is 0 Å². The van der Waals surface area contributed by atoms with E-state index in [1.54, 1.807) is 12.1 Å². The Balaban J connectivity index is 1.98. The second kappa shape index (κ2) is 6.98. The molecule has 0 heterocycles. The fourth-order valence-electron chi connectivity index (χ4n) is 1.91. The first-order valence-electron chi connectivity index (χ1n) is 6.46. The van der Waals surface area contributed by atoms with Crippen molar-refractivity contribution >= 4 is 23.2 Å². The molecule has 2 aromatic carbocycles. The van der Waals surface area contributed by atoms with Gasteiger partial charge in [0, 0.05) is 21.7 Å². The van der Waals surface area contributed by atoms with E-state index < -0.39 is 0 Å². The maximum absolute atomic E-state index is 6.09. The summed E-state index contributed by atoms with van der Waals surface area (Å²) >= 11 is 12.0. The van der Waals surface area contributed by atoms with Crippen LogP contribution >= 0.6 is 23.2 Å². The van der Waals surface area contributed by atoms with E-state index >= 15 is 0 Å². The molecule has 0 aliphatic heterocycles. The lowest BCUT2D eigenvalue weighted by Gasteiger charge is -2.10. The van der Waals surface area contributed by atoms with Gasteiger partial charge < -0.3 is 10.5 Å². The molecule has 0 aliphatic rings. The van der Waals surface area contributed by atoms with Crippen LogP contribution in [0.15, 0.2) is 42.5 Å². The maximum atomic E-state index is 6.09. The average Bonchev–Trinajstić information content (AvgIpc) is 2.41. The van der Waals surface area contributed by atoms with Gasteiger partial charge in [0.25, 0.3) is 0 Å². The van der Waals surface area contributed by atoms with Crippen LogP contribution in [0.3, 0.4) is 0 Å². The van der Waals surface area contributed by atoms with Crippen LogP contribution in [0.4, 0.5) is 0 Å². The molecule has 2 N–H and O–H groups in total. The van der Waals surface area contributed by atoms with Crippen molar-refractivity contribution in [1.82, 2.24) is 0 Å². The van der Waals surface area contributed by atoms with Gasteiger partial charge in [-0.2, -0.15) is 0 Å². The first kappa shape index (κ1) is 15.2. The summed E-state index contributed by atoms with van der Waals surface area (Å²) in [5.41, 5.74) is 7.85. The number of nitrogens with two attached hydrogens (primary N) is 1. The quantitative estimate of drug-likeness (QED) is 0.885. The molecule has 0 fully saturated rings. The molecule has 2 aromatic rings. The van der Waals surface area contributed by atoms with Crippen LogP contribution in [0.2, 0.25) is 10.0 Å². The molecule has 0 aromatic heterocycles. The van der Waals surface area contributed by atoms with Gasteiger partial charge in [0.1, 0.15) is 12.4 Å². The van der Waals surface area contributed by atoms with Gasteiger partial charge in [0.15, 0.2) is 0 Å². The highest BCUT2D eigenvalue weighted by atomic mass is 35.5. The number of benzene rings is 2. The molecule has 0 radical (unpaired) electrons. The first-order valence-corrected chi connectivity index (χ1v) is 7.21. The summed E-state index contributed by atoms with van der Waals surface area (Å²) in [7, 11) is 0. The van der Waals surface area contributed by atoms with Gasteiger partial charge in [-0.15, -0.1) is 0 Å². The standard InChI is InChI=1S/C16H17Cl2NO/c1-11(19)8-12-2-5-15(6-3-12)20-10-13-9-14(17)4-7-16(13)18/h2-7,9,11H,8,10,19H2,1H3. The second-order valence-electron chi connectivity index (χ2n) is 4.85. The predicted molar refractivity (Wildman–Crippen MR) is 84.6 cm³/mol. The lowest BCUT2D eigenvalue weighted by molar-refractivity contribution is 0.306. The molecule has 0 aliphatic carbocycles. The van der Waals surface area contributed by atoms with E-state index in [1.807, 2.05) is 37.3 Å². The van der Waals surface area contributed by atoms with E-state index in [-0.39, 0.29) is 6.04 Å². The molecule has 4 heteroatoms. The summed E-state index contributed by atoms with van der Waals surface area (Å²) in [5.74, 6) is 0.800. The van der Waals surface area contributed by atoms with Gasteiger partial charge in [-0.05, 0) is 49.2 Å². The molecule has 1 atom stereocenters. The fourth-order valence-corrected chi connectivity index (χ4v) is 2.28. The zero-order chi connectivity index (χ0) is 14.5. The smallest absolute Gasteiger partial charge is 0.119 e. The van der Waals surface area contributed by atoms with Crippen LogP contribution in [-0.2, 0) is 13.0 Å². The van der Waals surface area contributed by atoms with Gasteiger partial charge in [0.2, 0.25) is 0 Å². The van der Waals surface area contributed by atoms with E-state index in [0.717, 1.165) is 17.7 Å². The predicted octanol–water partition coefficient (Wildman–Crippen LogP) is 4.46. The van der Waals surface area contributed by atoms with Crippen LogP contribution < -0.4 is 10.5 Å². The zero-order valence-electron chi connectivity index (χ0n) is 11.3. The summed E-state index contributed by atoms with van der Waals surface area (Å²) in [4.78, 5) is 0. The summed E-state index contributed by atoms with van der Waals surface area (Å²) in [6.07, 6.45) is 0.862. The van der Waals surface area contributed by atoms with Crippen molar-refractivity contribution in [3.8, 4) is 5.75 Å². The SMILES string of the molecule is CC(N)Cc1ccc(OCc2cc(Cl)ccc2Cl)cc1. The molecule has 0 saturated heterocycles. The molecule has 106 valence electrons. The summed E-state index contributed by atoms with van der Waals surface area (Å²) in [6.45, 7) is 2.39.